The molecule has 25 heavy (non-hydrogen) atoms. The number of rotatable bonds is 7. The van der Waals surface area contributed by atoms with E-state index < -0.39 is 0 Å². The molecule has 0 radical (unpaired) electrons. The molecule has 3 rings (SSSR count). The van der Waals surface area contributed by atoms with Crippen molar-refractivity contribution in [2.45, 2.75) is 25.3 Å². The molecule has 1 aliphatic heterocycles. The fourth-order valence-corrected chi connectivity index (χ4v) is 3.94. The van der Waals surface area contributed by atoms with Gasteiger partial charge in [-0.05, 0) is 36.9 Å². The van der Waals surface area contributed by atoms with Gasteiger partial charge in [0.15, 0.2) is 0 Å². The van der Waals surface area contributed by atoms with Gasteiger partial charge in [-0.25, -0.2) is 0 Å². The predicted molar refractivity (Wildman–Crippen MR) is 104 cm³/mol. The van der Waals surface area contributed by atoms with Crippen LogP contribution in [0.25, 0.3) is 0 Å². The van der Waals surface area contributed by atoms with Crippen LogP contribution >= 0.6 is 23.7 Å². The van der Waals surface area contributed by atoms with Crippen LogP contribution in [0.4, 0.5) is 0 Å². The lowest BCUT2D eigenvalue weighted by Crippen LogP contribution is -2.35. The number of thiophene rings is 1. The molecular formula is C18H26ClN3O2S. The third-order valence-electron chi connectivity index (χ3n) is 4.49. The van der Waals surface area contributed by atoms with Gasteiger partial charge in [0.1, 0.15) is 0 Å². The first-order valence-electron chi connectivity index (χ1n) is 8.48. The van der Waals surface area contributed by atoms with Crippen molar-refractivity contribution in [3.05, 3.63) is 45.9 Å². The summed E-state index contributed by atoms with van der Waals surface area (Å²) >= 11 is 1.68. The smallest absolute Gasteiger partial charge is 0.256 e. The van der Waals surface area contributed by atoms with E-state index in [4.69, 9.17) is 4.74 Å². The summed E-state index contributed by atoms with van der Waals surface area (Å²) in [5.41, 5.74) is 1.87. The fourth-order valence-electron chi connectivity index (χ4n) is 3.22. The number of piperidine rings is 1. The van der Waals surface area contributed by atoms with Gasteiger partial charge >= 0.3 is 0 Å². The Balaban J connectivity index is 0.00000225. The van der Waals surface area contributed by atoms with Crippen molar-refractivity contribution in [3.8, 4) is 0 Å². The molecule has 5 nitrogen and oxygen atoms in total. The van der Waals surface area contributed by atoms with E-state index in [9.17, 15) is 4.79 Å². The van der Waals surface area contributed by atoms with Gasteiger partial charge in [-0.3, -0.25) is 4.79 Å². The second-order valence-electron chi connectivity index (χ2n) is 6.15. The molecule has 7 heteroatoms. The van der Waals surface area contributed by atoms with Crippen LogP contribution in [0.3, 0.4) is 0 Å². The number of hydrogen-bond donors (Lipinski definition) is 2. The lowest BCUT2D eigenvalue weighted by molar-refractivity contribution is 0.0681. The number of halogens is 1. The molecule has 0 spiro atoms. The van der Waals surface area contributed by atoms with E-state index in [1.165, 1.54) is 4.88 Å². The number of nitrogens with zero attached hydrogens (tertiary/aromatic N) is 1. The minimum Gasteiger partial charge on any atom is -0.383 e. The highest BCUT2D eigenvalue weighted by Crippen LogP contribution is 2.26. The van der Waals surface area contributed by atoms with Gasteiger partial charge in [0, 0.05) is 42.9 Å². The second kappa shape index (κ2) is 9.97. The van der Waals surface area contributed by atoms with Crippen LogP contribution < -0.4 is 5.32 Å². The maximum absolute atomic E-state index is 13.1. The topological polar surface area (TPSA) is 57.4 Å². The first-order valence-corrected chi connectivity index (χ1v) is 9.36. The van der Waals surface area contributed by atoms with Crippen LogP contribution in [0.5, 0.6) is 0 Å². The van der Waals surface area contributed by atoms with Gasteiger partial charge in [-0.1, -0.05) is 6.07 Å². The van der Waals surface area contributed by atoms with Crippen LogP contribution in [-0.4, -0.2) is 49.1 Å². The average molecular weight is 384 g/mol. The van der Waals surface area contributed by atoms with Crippen molar-refractivity contribution in [2.75, 3.05) is 33.4 Å². The summed E-state index contributed by atoms with van der Waals surface area (Å²) in [7, 11) is 1.67. The van der Waals surface area contributed by atoms with Crippen molar-refractivity contribution in [1.82, 2.24) is 15.2 Å². The molecule has 1 amide bonds. The van der Waals surface area contributed by atoms with E-state index in [2.05, 4.69) is 16.4 Å². The summed E-state index contributed by atoms with van der Waals surface area (Å²) in [4.78, 5) is 19.5. The van der Waals surface area contributed by atoms with Crippen molar-refractivity contribution in [1.29, 1.82) is 0 Å². The standard InChI is InChI=1S/C18H25N3O2S.ClH/c1-23-10-9-21(13-15-5-3-11-24-15)18(22)16-6-8-20-17(16)14-4-2-7-19-12-14;/h3,5-6,8,11,14,19-20H,2,4,7,9-10,12-13H2,1H3;1H. The third-order valence-corrected chi connectivity index (χ3v) is 5.36. The Labute approximate surface area is 159 Å². The maximum atomic E-state index is 13.1. The van der Waals surface area contributed by atoms with Crippen LogP contribution in [0.2, 0.25) is 0 Å². The zero-order chi connectivity index (χ0) is 16.8. The van der Waals surface area contributed by atoms with E-state index >= 15 is 0 Å². The molecule has 0 aromatic carbocycles. The van der Waals surface area contributed by atoms with Crippen LogP contribution in [0.1, 0.15) is 39.7 Å². The number of amides is 1. The summed E-state index contributed by atoms with van der Waals surface area (Å²) in [6, 6.07) is 6.01. The van der Waals surface area contributed by atoms with Gasteiger partial charge in [0.25, 0.3) is 5.91 Å². The summed E-state index contributed by atoms with van der Waals surface area (Å²) in [6.07, 6.45) is 4.16. The van der Waals surface area contributed by atoms with Gasteiger partial charge < -0.3 is 19.9 Å². The zero-order valence-electron chi connectivity index (χ0n) is 14.5. The molecule has 1 saturated heterocycles. The van der Waals surface area contributed by atoms with Crippen LogP contribution in [0.15, 0.2) is 29.8 Å². The highest BCUT2D eigenvalue weighted by Gasteiger charge is 2.25. The minimum atomic E-state index is 0. The molecule has 1 aliphatic rings. The summed E-state index contributed by atoms with van der Waals surface area (Å²) < 4.78 is 5.20. The van der Waals surface area contributed by atoms with Gasteiger partial charge in [-0.15, -0.1) is 23.7 Å². The number of aromatic amines is 1. The number of hydrogen-bond acceptors (Lipinski definition) is 4. The van der Waals surface area contributed by atoms with Crippen molar-refractivity contribution in [2.24, 2.45) is 0 Å². The molecule has 3 heterocycles. The van der Waals surface area contributed by atoms with Crippen LogP contribution in [-0.2, 0) is 11.3 Å². The number of carbonyl (C=O) groups excluding carboxylic acids is 1. The van der Waals surface area contributed by atoms with Crippen LogP contribution in [0, 0.1) is 0 Å². The first-order chi connectivity index (χ1) is 11.8. The fraction of sp³-hybridized carbons (Fsp3) is 0.500. The van der Waals surface area contributed by atoms with Crippen molar-refractivity contribution >= 4 is 29.7 Å². The van der Waals surface area contributed by atoms with Gasteiger partial charge in [-0.2, -0.15) is 0 Å². The highest BCUT2D eigenvalue weighted by atomic mass is 35.5. The summed E-state index contributed by atoms with van der Waals surface area (Å²) in [5, 5.41) is 5.47. The molecular weight excluding hydrogens is 358 g/mol. The monoisotopic (exact) mass is 383 g/mol. The Morgan fingerprint density at radius 1 is 1.44 bits per heavy atom. The molecule has 0 saturated carbocycles. The van der Waals surface area contributed by atoms with E-state index in [1.807, 2.05) is 28.6 Å². The average Bonchev–Trinajstić information content (AvgIpc) is 3.30. The number of methoxy groups -OCH3 is 1. The molecule has 2 aromatic rings. The van der Waals surface area contributed by atoms with Gasteiger partial charge in [0.2, 0.25) is 0 Å². The Morgan fingerprint density at radius 2 is 2.32 bits per heavy atom. The summed E-state index contributed by atoms with van der Waals surface area (Å²) in [5.74, 6) is 0.473. The Bertz CT molecular complexity index is 639. The number of ether oxygens (including phenoxy) is 1. The van der Waals surface area contributed by atoms with E-state index in [0.717, 1.165) is 37.2 Å². The lowest BCUT2D eigenvalue weighted by atomic mass is 9.93. The largest absolute Gasteiger partial charge is 0.383 e. The zero-order valence-corrected chi connectivity index (χ0v) is 16.1. The second-order valence-corrected chi connectivity index (χ2v) is 7.18. The Hall–Kier alpha value is -1.34. The highest BCUT2D eigenvalue weighted by molar-refractivity contribution is 7.09. The number of carbonyl (C=O) groups is 1. The molecule has 1 fully saturated rings. The molecule has 2 aromatic heterocycles. The minimum absolute atomic E-state index is 0. The van der Waals surface area contributed by atoms with Crippen molar-refractivity contribution < 1.29 is 9.53 Å². The van der Waals surface area contributed by atoms with Gasteiger partial charge in [0.05, 0.1) is 18.7 Å². The Kier molecular flexibility index (Phi) is 7.96. The molecule has 1 atom stereocenters. The maximum Gasteiger partial charge on any atom is 0.256 e. The molecule has 0 bridgehead atoms. The van der Waals surface area contributed by atoms with E-state index in [0.29, 0.717) is 25.6 Å². The van der Waals surface area contributed by atoms with E-state index in [-0.39, 0.29) is 18.3 Å². The lowest BCUT2D eigenvalue weighted by Gasteiger charge is -2.26. The molecule has 0 aliphatic carbocycles. The SMILES string of the molecule is COCCN(Cc1cccs1)C(=O)c1cc[nH]c1C1CCCNC1.Cl. The molecule has 1 unspecified atom stereocenters. The predicted octanol–water partition coefficient (Wildman–Crippen LogP) is 3.25. The quantitative estimate of drug-likeness (QED) is 0.771. The Morgan fingerprint density at radius 3 is 3.00 bits per heavy atom. The van der Waals surface area contributed by atoms with E-state index in [1.54, 1.807) is 18.4 Å². The number of H-pyrrole nitrogens is 1. The van der Waals surface area contributed by atoms with Crippen molar-refractivity contribution in [3.63, 3.8) is 0 Å². The number of nitrogens with one attached hydrogen (secondary N) is 2. The molecule has 138 valence electrons. The third kappa shape index (κ3) is 5.07. The first kappa shape index (κ1) is 20.0. The normalized spacial score (nSPS) is 17.1. The number of aromatic nitrogens is 1. The summed E-state index contributed by atoms with van der Waals surface area (Å²) in [6.45, 7) is 3.78. The molecule has 2 N–H and O–H groups in total.